The summed E-state index contributed by atoms with van der Waals surface area (Å²) in [7, 11) is 0. The molecule has 2 heterocycles. The topological polar surface area (TPSA) is 83.8 Å². The second-order valence-corrected chi connectivity index (χ2v) is 5.03. The Bertz CT molecular complexity index is 407. The molecule has 0 radical (unpaired) electrons. The van der Waals surface area contributed by atoms with Crippen LogP contribution in [0.15, 0.2) is 29.4 Å². The molecule has 1 aromatic rings. The standard InChI is InChI=1S/C14H24N6/c15-14(16)18-7-3-4-8-19-9-11-20(12-10-19)13-5-1-2-6-17-13/h1-2,5-6H,3-4,7-12H2,(H4,15,16,18). The van der Waals surface area contributed by atoms with Crippen molar-refractivity contribution in [3.63, 3.8) is 0 Å². The van der Waals surface area contributed by atoms with E-state index in [1.807, 2.05) is 18.3 Å². The predicted octanol–water partition coefficient (Wildman–Crippen LogP) is 0.257. The highest BCUT2D eigenvalue weighted by molar-refractivity contribution is 5.75. The van der Waals surface area contributed by atoms with E-state index in [4.69, 9.17) is 11.5 Å². The van der Waals surface area contributed by atoms with E-state index < -0.39 is 0 Å². The van der Waals surface area contributed by atoms with Gasteiger partial charge in [-0.3, -0.25) is 9.89 Å². The fourth-order valence-corrected chi connectivity index (χ4v) is 2.40. The Morgan fingerprint density at radius 1 is 1.15 bits per heavy atom. The predicted molar refractivity (Wildman–Crippen MR) is 82.8 cm³/mol. The van der Waals surface area contributed by atoms with Crippen molar-refractivity contribution in [3.8, 4) is 0 Å². The third-order valence-electron chi connectivity index (χ3n) is 3.52. The number of pyridine rings is 1. The smallest absolute Gasteiger partial charge is 0.185 e. The van der Waals surface area contributed by atoms with Crippen molar-refractivity contribution in [1.82, 2.24) is 9.88 Å². The zero-order valence-electron chi connectivity index (χ0n) is 11.9. The number of unbranched alkanes of at least 4 members (excludes halogenated alkanes) is 1. The summed E-state index contributed by atoms with van der Waals surface area (Å²) in [4.78, 5) is 13.2. The van der Waals surface area contributed by atoms with Crippen molar-refractivity contribution in [2.45, 2.75) is 12.8 Å². The molecule has 0 spiro atoms. The molecule has 2 rings (SSSR count). The van der Waals surface area contributed by atoms with Crippen molar-refractivity contribution in [3.05, 3.63) is 24.4 Å². The highest BCUT2D eigenvalue weighted by Gasteiger charge is 2.16. The van der Waals surface area contributed by atoms with E-state index in [2.05, 4.69) is 25.8 Å². The summed E-state index contributed by atoms with van der Waals surface area (Å²) >= 11 is 0. The maximum Gasteiger partial charge on any atom is 0.185 e. The second kappa shape index (κ2) is 7.69. The Labute approximate surface area is 120 Å². The molecule has 0 unspecified atom stereocenters. The first-order valence-corrected chi connectivity index (χ1v) is 7.19. The molecule has 0 aliphatic carbocycles. The quantitative estimate of drug-likeness (QED) is 0.442. The molecule has 110 valence electrons. The van der Waals surface area contributed by atoms with Crippen LogP contribution in [0.1, 0.15) is 12.8 Å². The molecule has 1 aliphatic rings. The van der Waals surface area contributed by atoms with Gasteiger partial charge in [-0.05, 0) is 31.5 Å². The van der Waals surface area contributed by atoms with Gasteiger partial charge < -0.3 is 16.4 Å². The van der Waals surface area contributed by atoms with Crippen LogP contribution >= 0.6 is 0 Å². The minimum atomic E-state index is 0.189. The number of guanidine groups is 1. The molecule has 1 aliphatic heterocycles. The fraction of sp³-hybridized carbons (Fsp3) is 0.571. The van der Waals surface area contributed by atoms with Crippen molar-refractivity contribution in [1.29, 1.82) is 0 Å². The van der Waals surface area contributed by atoms with Gasteiger partial charge in [-0.25, -0.2) is 4.98 Å². The second-order valence-electron chi connectivity index (χ2n) is 5.03. The number of aliphatic imine (C=N–C) groups is 1. The minimum absolute atomic E-state index is 0.189. The van der Waals surface area contributed by atoms with Gasteiger partial charge in [0.2, 0.25) is 0 Å². The van der Waals surface area contributed by atoms with E-state index in [0.29, 0.717) is 0 Å². The summed E-state index contributed by atoms with van der Waals surface area (Å²) < 4.78 is 0. The zero-order chi connectivity index (χ0) is 14.2. The maximum atomic E-state index is 5.29. The summed E-state index contributed by atoms with van der Waals surface area (Å²) in [5.41, 5.74) is 10.6. The van der Waals surface area contributed by atoms with Crippen LogP contribution in [0.5, 0.6) is 0 Å². The highest BCUT2D eigenvalue weighted by Crippen LogP contribution is 2.12. The van der Waals surface area contributed by atoms with Crippen molar-refractivity contribution in [2.24, 2.45) is 16.5 Å². The Morgan fingerprint density at radius 2 is 1.95 bits per heavy atom. The van der Waals surface area contributed by atoms with Crippen LogP contribution in [-0.4, -0.2) is 55.1 Å². The lowest BCUT2D eigenvalue weighted by molar-refractivity contribution is 0.253. The number of nitrogens with two attached hydrogens (primary N) is 2. The van der Waals surface area contributed by atoms with Crippen LogP contribution in [0.2, 0.25) is 0 Å². The normalized spacial score (nSPS) is 16.1. The van der Waals surface area contributed by atoms with Gasteiger partial charge in [0.15, 0.2) is 5.96 Å². The third-order valence-corrected chi connectivity index (χ3v) is 3.52. The van der Waals surface area contributed by atoms with E-state index in [1.165, 1.54) is 0 Å². The van der Waals surface area contributed by atoms with E-state index in [0.717, 1.165) is 57.9 Å². The van der Waals surface area contributed by atoms with Gasteiger partial charge >= 0.3 is 0 Å². The molecular formula is C14H24N6. The Kier molecular flexibility index (Phi) is 5.61. The monoisotopic (exact) mass is 276 g/mol. The Balaban J connectivity index is 1.63. The SMILES string of the molecule is NC(N)=NCCCCN1CCN(c2ccccn2)CC1. The third kappa shape index (κ3) is 4.70. The minimum Gasteiger partial charge on any atom is -0.370 e. The van der Waals surface area contributed by atoms with Gasteiger partial charge in [-0.1, -0.05) is 6.07 Å². The molecule has 0 saturated carbocycles. The van der Waals surface area contributed by atoms with Crippen LogP contribution in [0.4, 0.5) is 5.82 Å². The van der Waals surface area contributed by atoms with Gasteiger partial charge in [-0.15, -0.1) is 0 Å². The molecule has 0 aromatic carbocycles. The summed E-state index contributed by atoms with van der Waals surface area (Å²) in [6.07, 6.45) is 4.03. The van der Waals surface area contributed by atoms with Gasteiger partial charge in [0.05, 0.1) is 0 Å². The average Bonchev–Trinajstić information content (AvgIpc) is 2.48. The zero-order valence-corrected chi connectivity index (χ0v) is 11.9. The van der Waals surface area contributed by atoms with Gasteiger partial charge in [0, 0.05) is 38.9 Å². The summed E-state index contributed by atoms with van der Waals surface area (Å²) in [6.45, 7) is 6.14. The first kappa shape index (κ1) is 14.6. The lowest BCUT2D eigenvalue weighted by atomic mass is 10.2. The molecule has 6 nitrogen and oxygen atoms in total. The largest absolute Gasteiger partial charge is 0.370 e. The molecule has 0 amide bonds. The molecule has 0 atom stereocenters. The van der Waals surface area contributed by atoms with E-state index in [1.54, 1.807) is 0 Å². The van der Waals surface area contributed by atoms with Crippen LogP contribution in [0, 0.1) is 0 Å². The summed E-state index contributed by atoms with van der Waals surface area (Å²) in [5, 5.41) is 0. The van der Waals surface area contributed by atoms with E-state index in [9.17, 15) is 0 Å². The number of piperazine rings is 1. The summed E-state index contributed by atoms with van der Waals surface area (Å²) in [5.74, 6) is 1.27. The van der Waals surface area contributed by atoms with Crippen LogP contribution in [-0.2, 0) is 0 Å². The van der Waals surface area contributed by atoms with Gasteiger partial charge in [0.25, 0.3) is 0 Å². The van der Waals surface area contributed by atoms with Crippen LogP contribution in [0.25, 0.3) is 0 Å². The van der Waals surface area contributed by atoms with E-state index in [-0.39, 0.29) is 5.96 Å². The first-order chi connectivity index (χ1) is 9.75. The van der Waals surface area contributed by atoms with Gasteiger partial charge in [0.1, 0.15) is 5.82 Å². The molecule has 1 aromatic heterocycles. The van der Waals surface area contributed by atoms with Crippen LogP contribution < -0.4 is 16.4 Å². The molecule has 6 heteroatoms. The number of hydrogen-bond acceptors (Lipinski definition) is 4. The average molecular weight is 276 g/mol. The van der Waals surface area contributed by atoms with E-state index >= 15 is 0 Å². The van der Waals surface area contributed by atoms with Crippen molar-refractivity contribution < 1.29 is 0 Å². The number of nitrogens with zero attached hydrogens (tertiary/aromatic N) is 4. The summed E-state index contributed by atoms with van der Waals surface area (Å²) in [6, 6.07) is 6.07. The van der Waals surface area contributed by atoms with Crippen LogP contribution in [0.3, 0.4) is 0 Å². The number of rotatable bonds is 6. The lowest BCUT2D eigenvalue weighted by Gasteiger charge is -2.35. The molecule has 1 saturated heterocycles. The number of anilines is 1. The molecule has 0 bridgehead atoms. The fourth-order valence-electron chi connectivity index (χ4n) is 2.40. The molecular weight excluding hydrogens is 252 g/mol. The maximum absolute atomic E-state index is 5.29. The number of hydrogen-bond donors (Lipinski definition) is 2. The number of aromatic nitrogens is 1. The van der Waals surface area contributed by atoms with Crippen molar-refractivity contribution in [2.75, 3.05) is 44.2 Å². The lowest BCUT2D eigenvalue weighted by Crippen LogP contribution is -2.46. The molecule has 4 N–H and O–H groups in total. The first-order valence-electron chi connectivity index (χ1n) is 7.19. The highest BCUT2D eigenvalue weighted by atomic mass is 15.3. The Hall–Kier alpha value is -1.82. The molecule has 20 heavy (non-hydrogen) atoms. The Morgan fingerprint density at radius 3 is 2.60 bits per heavy atom. The van der Waals surface area contributed by atoms with Crippen molar-refractivity contribution >= 4 is 11.8 Å². The van der Waals surface area contributed by atoms with Gasteiger partial charge in [-0.2, -0.15) is 0 Å². The molecule has 1 fully saturated rings.